The lowest BCUT2D eigenvalue weighted by Crippen LogP contribution is -2.47. The van der Waals surface area contributed by atoms with Crippen molar-refractivity contribution in [3.63, 3.8) is 0 Å². The molecule has 2 aromatic carbocycles. The van der Waals surface area contributed by atoms with Crippen LogP contribution in [-0.2, 0) is 16.0 Å². The molecule has 0 bridgehead atoms. The predicted octanol–water partition coefficient (Wildman–Crippen LogP) is 3.35. The Labute approximate surface area is 179 Å². The van der Waals surface area contributed by atoms with Crippen LogP contribution in [0, 0.1) is 6.92 Å². The molecule has 0 saturated heterocycles. The van der Waals surface area contributed by atoms with Crippen LogP contribution in [0.3, 0.4) is 0 Å². The zero-order valence-corrected chi connectivity index (χ0v) is 18.6. The van der Waals surface area contributed by atoms with E-state index in [9.17, 15) is 9.59 Å². The van der Waals surface area contributed by atoms with Crippen molar-refractivity contribution in [2.24, 2.45) is 0 Å². The fourth-order valence-electron chi connectivity index (χ4n) is 3.15. The number of rotatable bonds is 10. The average molecular weight is 412 g/mol. The van der Waals surface area contributed by atoms with Crippen LogP contribution in [0.4, 0.5) is 5.69 Å². The predicted molar refractivity (Wildman–Crippen MR) is 121 cm³/mol. The van der Waals surface area contributed by atoms with Crippen molar-refractivity contribution >= 4 is 17.5 Å². The van der Waals surface area contributed by atoms with Crippen LogP contribution in [0.25, 0.3) is 0 Å². The lowest BCUT2D eigenvalue weighted by atomic mass is 10.1. The average Bonchev–Trinajstić information content (AvgIpc) is 2.74. The Hall–Kier alpha value is -2.86. The van der Waals surface area contributed by atoms with Gasteiger partial charge in [0, 0.05) is 19.3 Å². The van der Waals surface area contributed by atoms with E-state index in [1.807, 2.05) is 81.2 Å². The van der Waals surface area contributed by atoms with Crippen LogP contribution >= 0.6 is 0 Å². The number of para-hydroxylation sites is 2. The summed E-state index contributed by atoms with van der Waals surface area (Å²) in [5.41, 5.74) is 2.95. The third-order valence-corrected chi connectivity index (χ3v) is 5.24. The van der Waals surface area contributed by atoms with Gasteiger partial charge < -0.3 is 15.0 Å². The second-order valence-electron chi connectivity index (χ2n) is 7.52. The second kappa shape index (κ2) is 11.4. The molecule has 0 radical (unpaired) electrons. The Balaban J connectivity index is 1.82. The maximum absolute atomic E-state index is 12.7. The minimum atomic E-state index is -0.355. The number of benzene rings is 2. The van der Waals surface area contributed by atoms with E-state index >= 15 is 0 Å². The third-order valence-electron chi connectivity index (χ3n) is 5.24. The van der Waals surface area contributed by atoms with Gasteiger partial charge in [-0.1, -0.05) is 43.3 Å². The number of aryl methyl sites for hydroxylation is 2. The molecule has 0 aromatic heterocycles. The normalized spacial score (nSPS) is 11.8. The smallest absolute Gasteiger partial charge is 0.243 e. The standard InChI is InChI=1S/C24H33N3O3/c1-6-20-12-8-9-13-21(20)25-23(28)17-27(5)24(29)19(3)26(4)15-16-30-22-14-10-7-11-18(22)2/h7-14,19H,6,15-17H2,1-5H3,(H,25,28)/t19-/m1/s1. The van der Waals surface area contributed by atoms with E-state index in [-0.39, 0.29) is 24.4 Å². The van der Waals surface area contributed by atoms with Crippen molar-refractivity contribution in [3.8, 4) is 5.75 Å². The number of amides is 2. The molecule has 2 aromatic rings. The van der Waals surface area contributed by atoms with Crippen LogP contribution in [0.15, 0.2) is 48.5 Å². The highest BCUT2D eigenvalue weighted by Gasteiger charge is 2.23. The van der Waals surface area contributed by atoms with Gasteiger partial charge in [-0.2, -0.15) is 0 Å². The Morgan fingerprint density at radius 2 is 1.73 bits per heavy atom. The fraction of sp³-hybridized carbons (Fsp3) is 0.417. The Morgan fingerprint density at radius 1 is 1.07 bits per heavy atom. The SMILES string of the molecule is CCc1ccccc1NC(=O)CN(C)C(=O)[C@@H](C)N(C)CCOc1ccccc1C. The molecule has 0 saturated carbocycles. The van der Waals surface area contributed by atoms with E-state index in [4.69, 9.17) is 4.74 Å². The molecule has 2 amide bonds. The molecular formula is C24H33N3O3. The maximum atomic E-state index is 12.7. The number of anilines is 1. The van der Waals surface area contributed by atoms with Crippen molar-refractivity contribution in [1.29, 1.82) is 0 Å². The molecule has 0 fully saturated rings. The highest BCUT2D eigenvalue weighted by atomic mass is 16.5. The molecular weight excluding hydrogens is 378 g/mol. The Kier molecular flexibility index (Phi) is 8.87. The highest BCUT2D eigenvalue weighted by molar-refractivity contribution is 5.95. The van der Waals surface area contributed by atoms with Crippen molar-refractivity contribution in [2.45, 2.75) is 33.2 Å². The molecule has 2 rings (SSSR count). The molecule has 30 heavy (non-hydrogen) atoms. The lowest BCUT2D eigenvalue weighted by Gasteiger charge is -2.28. The molecule has 0 spiro atoms. The first kappa shape index (κ1) is 23.4. The Morgan fingerprint density at radius 3 is 2.43 bits per heavy atom. The summed E-state index contributed by atoms with van der Waals surface area (Å²) in [5, 5.41) is 2.91. The van der Waals surface area contributed by atoms with Gasteiger partial charge in [0.05, 0.1) is 12.6 Å². The Bertz CT molecular complexity index is 853. The van der Waals surface area contributed by atoms with Crippen LogP contribution in [0.2, 0.25) is 0 Å². The molecule has 0 aliphatic carbocycles. The minimum absolute atomic E-state index is 0.00870. The molecule has 0 heterocycles. The maximum Gasteiger partial charge on any atom is 0.243 e. The molecule has 1 N–H and O–H groups in total. The molecule has 0 aliphatic heterocycles. The summed E-state index contributed by atoms with van der Waals surface area (Å²) >= 11 is 0. The quantitative estimate of drug-likeness (QED) is 0.651. The largest absolute Gasteiger partial charge is 0.492 e. The van der Waals surface area contributed by atoms with Gasteiger partial charge >= 0.3 is 0 Å². The van der Waals surface area contributed by atoms with Crippen molar-refractivity contribution in [3.05, 3.63) is 59.7 Å². The molecule has 0 unspecified atom stereocenters. The zero-order valence-electron chi connectivity index (χ0n) is 18.6. The first-order valence-corrected chi connectivity index (χ1v) is 10.3. The minimum Gasteiger partial charge on any atom is -0.492 e. The third kappa shape index (κ3) is 6.59. The molecule has 162 valence electrons. The van der Waals surface area contributed by atoms with E-state index in [1.165, 1.54) is 4.90 Å². The highest BCUT2D eigenvalue weighted by Crippen LogP contribution is 2.16. The number of hydrogen-bond donors (Lipinski definition) is 1. The summed E-state index contributed by atoms with van der Waals surface area (Å²) < 4.78 is 5.82. The van der Waals surface area contributed by atoms with Gasteiger partial charge in [0.15, 0.2) is 0 Å². The van der Waals surface area contributed by atoms with Crippen LogP contribution in [0.5, 0.6) is 5.75 Å². The first-order valence-electron chi connectivity index (χ1n) is 10.3. The number of ether oxygens (including phenoxy) is 1. The number of nitrogens with one attached hydrogen (secondary N) is 1. The van der Waals surface area contributed by atoms with Crippen LogP contribution in [0.1, 0.15) is 25.0 Å². The first-order chi connectivity index (χ1) is 14.3. The number of likely N-dealkylation sites (N-methyl/N-ethyl adjacent to an activating group) is 2. The van der Waals surface area contributed by atoms with Gasteiger partial charge in [-0.15, -0.1) is 0 Å². The molecule has 6 nitrogen and oxygen atoms in total. The van der Waals surface area contributed by atoms with Crippen LogP contribution < -0.4 is 10.1 Å². The summed E-state index contributed by atoms with van der Waals surface area (Å²) in [6, 6.07) is 15.2. The van der Waals surface area contributed by atoms with Crippen molar-refractivity contribution in [2.75, 3.05) is 39.1 Å². The van der Waals surface area contributed by atoms with E-state index in [2.05, 4.69) is 5.32 Å². The number of nitrogens with zero attached hydrogens (tertiary/aromatic N) is 2. The molecule has 1 atom stereocenters. The monoisotopic (exact) mass is 411 g/mol. The lowest BCUT2D eigenvalue weighted by molar-refractivity contribution is -0.137. The topological polar surface area (TPSA) is 61.9 Å². The van der Waals surface area contributed by atoms with Gasteiger partial charge in [0.2, 0.25) is 11.8 Å². The number of carbonyl (C=O) groups is 2. The van der Waals surface area contributed by atoms with Gasteiger partial charge in [-0.05, 0) is 50.6 Å². The molecule has 0 aliphatic rings. The summed E-state index contributed by atoms with van der Waals surface area (Å²) in [6.45, 7) is 6.98. The fourth-order valence-corrected chi connectivity index (χ4v) is 3.15. The summed E-state index contributed by atoms with van der Waals surface area (Å²) in [4.78, 5) is 28.6. The van der Waals surface area contributed by atoms with Crippen molar-refractivity contribution < 1.29 is 14.3 Å². The van der Waals surface area contributed by atoms with Gasteiger partial charge in [-0.25, -0.2) is 0 Å². The van der Waals surface area contributed by atoms with Gasteiger partial charge in [0.1, 0.15) is 12.4 Å². The van der Waals surface area contributed by atoms with E-state index < -0.39 is 0 Å². The summed E-state index contributed by atoms with van der Waals surface area (Å²) in [5.74, 6) is 0.544. The number of hydrogen-bond acceptors (Lipinski definition) is 4. The van der Waals surface area contributed by atoms with E-state index in [0.717, 1.165) is 29.0 Å². The second-order valence-corrected chi connectivity index (χ2v) is 7.52. The van der Waals surface area contributed by atoms with Crippen molar-refractivity contribution in [1.82, 2.24) is 9.80 Å². The number of carbonyl (C=O) groups excluding carboxylic acids is 2. The summed E-state index contributed by atoms with van der Waals surface area (Å²) in [7, 11) is 3.54. The van der Waals surface area contributed by atoms with Gasteiger partial charge in [-0.3, -0.25) is 14.5 Å². The van der Waals surface area contributed by atoms with E-state index in [1.54, 1.807) is 7.05 Å². The molecule has 6 heteroatoms. The van der Waals surface area contributed by atoms with E-state index in [0.29, 0.717) is 13.2 Å². The summed E-state index contributed by atoms with van der Waals surface area (Å²) in [6.07, 6.45) is 0.831. The van der Waals surface area contributed by atoms with Gasteiger partial charge in [0.25, 0.3) is 0 Å². The zero-order chi connectivity index (χ0) is 22.1. The van der Waals surface area contributed by atoms with Crippen LogP contribution in [-0.4, -0.2) is 61.4 Å².